The third-order valence-corrected chi connectivity index (χ3v) is 5.38. The normalized spacial score (nSPS) is 19.5. The Hall–Kier alpha value is -2.10. The molecular formula is C23H30O4. The molecule has 1 saturated carbocycles. The second-order valence-electron chi connectivity index (χ2n) is 8.86. The van der Waals surface area contributed by atoms with Gasteiger partial charge in [0.05, 0.1) is 11.3 Å². The molecule has 0 unspecified atom stereocenters. The third kappa shape index (κ3) is 5.00. The molecule has 4 heteroatoms. The molecule has 0 bridgehead atoms. The SMILES string of the molecule is CC(C)(C)OC(=O)C1([C@@H](CC2CC2)C(=O)OCc2ccccc2)CC=CC1. The quantitative estimate of drug-likeness (QED) is 0.510. The van der Waals surface area contributed by atoms with Gasteiger partial charge in [-0.1, -0.05) is 55.3 Å². The molecule has 0 aromatic heterocycles. The van der Waals surface area contributed by atoms with E-state index < -0.39 is 16.9 Å². The summed E-state index contributed by atoms with van der Waals surface area (Å²) in [7, 11) is 0. The maximum atomic E-state index is 13.1. The van der Waals surface area contributed by atoms with Crippen molar-refractivity contribution in [3.8, 4) is 0 Å². The fraction of sp³-hybridized carbons (Fsp3) is 0.565. The van der Waals surface area contributed by atoms with Crippen LogP contribution in [0, 0.1) is 17.3 Å². The second-order valence-corrected chi connectivity index (χ2v) is 8.86. The maximum absolute atomic E-state index is 13.1. The highest BCUT2D eigenvalue weighted by molar-refractivity contribution is 5.86. The highest BCUT2D eigenvalue weighted by Crippen LogP contribution is 2.49. The number of allylic oxidation sites excluding steroid dienone is 2. The summed E-state index contributed by atoms with van der Waals surface area (Å²) < 4.78 is 11.4. The van der Waals surface area contributed by atoms with Crippen LogP contribution in [0.3, 0.4) is 0 Å². The zero-order valence-electron chi connectivity index (χ0n) is 16.6. The van der Waals surface area contributed by atoms with E-state index in [0.717, 1.165) is 18.4 Å². The summed E-state index contributed by atoms with van der Waals surface area (Å²) in [4.78, 5) is 26.2. The zero-order chi connectivity index (χ0) is 19.5. The molecule has 4 nitrogen and oxygen atoms in total. The summed E-state index contributed by atoms with van der Waals surface area (Å²) in [5.74, 6) is -0.500. The van der Waals surface area contributed by atoms with E-state index in [4.69, 9.17) is 9.47 Å². The lowest BCUT2D eigenvalue weighted by Crippen LogP contribution is -2.45. The van der Waals surface area contributed by atoms with Crippen LogP contribution in [0.1, 0.15) is 58.4 Å². The molecule has 0 amide bonds. The van der Waals surface area contributed by atoms with Gasteiger partial charge in [0.25, 0.3) is 0 Å². The molecule has 1 aromatic carbocycles. The average Bonchev–Trinajstić information content (AvgIpc) is 3.30. The Bertz CT molecular complexity index is 687. The smallest absolute Gasteiger partial charge is 0.314 e. The van der Waals surface area contributed by atoms with Crippen molar-refractivity contribution < 1.29 is 19.1 Å². The van der Waals surface area contributed by atoms with Gasteiger partial charge in [-0.3, -0.25) is 9.59 Å². The van der Waals surface area contributed by atoms with Crippen molar-refractivity contribution in [2.24, 2.45) is 17.3 Å². The van der Waals surface area contributed by atoms with Gasteiger partial charge in [0, 0.05) is 0 Å². The lowest BCUT2D eigenvalue weighted by atomic mass is 9.70. The molecule has 0 heterocycles. The number of ether oxygens (including phenoxy) is 2. The van der Waals surface area contributed by atoms with E-state index in [0.29, 0.717) is 25.2 Å². The Kier molecular flexibility index (Phi) is 5.73. The zero-order valence-corrected chi connectivity index (χ0v) is 16.6. The van der Waals surface area contributed by atoms with E-state index in [2.05, 4.69) is 0 Å². The average molecular weight is 370 g/mol. The molecule has 146 valence electrons. The number of rotatable bonds is 7. The largest absolute Gasteiger partial charge is 0.461 e. The minimum Gasteiger partial charge on any atom is -0.461 e. The molecule has 2 aliphatic carbocycles. The fourth-order valence-electron chi connectivity index (χ4n) is 3.71. The first-order valence-corrected chi connectivity index (χ1v) is 9.89. The van der Waals surface area contributed by atoms with Gasteiger partial charge in [-0.15, -0.1) is 0 Å². The lowest BCUT2D eigenvalue weighted by molar-refractivity contribution is -0.178. The minimum atomic E-state index is -0.830. The Labute approximate surface area is 161 Å². The van der Waals surface area contributed by atoms with Gasteiger partial charge in [-0.05, 0) is 51.5 Å². The van der Waals surface area contributed by atoms with E-state index in [1.54, 1.807) is 0 Å². The number of carbonyl (C=O) groups is 2. The molecule has 0 radical (unpaired) electrons. The summed E-state index contributed by atoms with van der Waals surface area (Å²) in [5.41, 5.74) is -0.458. The lowest BCUT2D eigenvalue weighted by Gasteiger charge is -2.36. The van der Waals surface area contributed by atoms with Gasteiger partial charge >= 0.3 is 11.9 Å². The van der Waals surface area contributed by atoms with Crippen LogP contribution < -0.4 is 0 Å². The number of hydrogen-bond acceptors (Lipinski definition) is 4. The van der Waals surface area contributed by atoms with Crippen molar-refractivity contribution in [1.29, 1.82) is 0 Å². The van der Waals surface area contributed by atoms with Gasteiger partial charge in [0.2, 0.25) is 0 Å². The summed E-state index contributed by atoms with van der Waals surface area (Å²) in [6.07, 6.45) is 8.02. The van der Waals surface area contributed by atoms with Crippen molar-refractivity contribution in [2.45, 2.75) is 65.1 Å². The van der Waals surface area contributed by atoms with Crippen LogP contribution in [0.25, 0.3) is 0 Å². The Morgan fingerprint density at radius 1 is 1.11 bits per heavy atom. The molecule has 1 atom stereocenters. The number of hydrogen-bond donors (Lipinski definition) is 0. The first-order chi connectivity index (χ1) is 12.8. The topological polar surface area (TPSA) is 52.6 Å². The summed E-state index contributed by atoms with van der Waals surface area (Å²) in [5, 5.41) is 0. The van der Waals surface area contributed by atoms with Crippen molar-refractivity contribution in [3.63, 3.8) is 0 Å². The number of benzene rings is 1. The predicted octanol–water partition coefficient (Wildman–Crippen LogP) is 4.82. The van der Waals surface area contributed by atoms with E-state index >= 15 is 0 Å². The van der Waals surface area contributed by atoms with Gasteiger partial charge in [0.15, 0.2) is 0 Å². The summed E-state index contributed by atoms with van der Waals surface area (Å²) in [6.45, 7) is 5.83. The molecule has 0 saturated heterocycles. The van der Waals surface area contributed by atoms with Crippen molar-refractivity contribution in [1.82, 2.24) is 0 Å². The van der Waals surface area contributed by atoms with Crippen LogP contribution in [0.2, 0.25) is 0 Å². The van der Waals surface area contributed by atoms with Crippen LogP contribution in [0.5, 0.6) is 0 Å². The van der Waals surface area contributed by atoms with Crippen LogP contribution in [-0.4, -0.2) is 17.5 Å². The van der Waals surface area contributed by atoms with Crippen LogP contribution in [-0.2, 0) is 25.7 Å². The molecule has 3 rings (SSSR count). The minimum absolute atomic E-state index is 0.235. The number of esters is 2. The Morgan fingerprint density at radius 3 is 2.30 bits per heavy atom. The van der Waals surface area contributed by atoms with Crippen LogP contribution >= 0.6 is 0 Å². The van der Waals surface area contributed by atoms with E-state index in [1.165, 1.54) is 0 Å². The van der Waals surface area contributed by atoms with Crippen LogP contribution in [0.4, 0.5) is 0 Å². The molecule has 1 fully saturated rings. The van der Waals surface area contributed by atoms with Crippen molar-refractivity contribution >= 4 is 11.9 Å². The maximum Gasteiger partial charge on any atom is 0.314 e. The summed E-state index contributed by atoms with van der Waals surface area (Å²) >= 11 is 0. The van der Waals surface area contributed by atoms with Gasteiger partial charge in [0.1, 0.15) is 12.2 Å². The Balaban J connectivity index is 1.78. The molecule has 2 aliphatic rings. The summed E-state index contributed by atoms with van der Waals surface area (Å²) in [6, 6.07) is 9.65. The molecule has 0 spiro atoms. The van der Waals surface area contributed by atoms with Gasteiger partial charge in [-0.25, -0.2) is 0 Å². The standard InChI is InChI=1S/C23H30O4/c1-22(2,3)27-21(25)23(13-7-8-14-23)19(15-17-11-12-17)20(24)26-16-18-9-5-4-6-10-18/h4-10,17,19H,11-16H2,1-3H3/t19-/m0/s1. The molecule has 27 heavy (non-hydrogen) atoms. The Morgan fingerprint density at radius 2 is 1.74 bits per heavy atom. The highest BCUT2D eigenvalue weighted by atomic mass is 16.6. The number of carbonyl (C=O) groups excluding carboxylic acids is 2. The van der Waals surface area contributed by atoms with E-state index in [9.17, 15) is 9.59 Å². The first-order valence-electron chi connectivity index (χ1n) is 9.89. The predicted molar refractivity (Wildman–Crippen MR) is 104 cm³/mol. The third-order valence-electron chi connectivity index (χ3n) is 5.38. The highest BCUT2D eigenvalue weighted by Gasteiger charge is 2.53. The van der Waals surface area contributed by atoms with Crippen molar-refractivity contribution in [3.05, 3.63) is 48.0 Å². The van der Waals surface area contributed by atoms with Gasteiger partial charge < -0.3 is 9.47 Å². The van der Waals surface area contributed by atoms with E-state index in [1.807, 2.05) is 63.3 Å². The first kappa shape index (κ1) is 19.7. The fourth-order valence-corrected chi connectivity index (χ4v) is 3.71. The van der Waals surface area contributed by atoms with Crippen LogP contribution in [0.15, 0.2) is 42.5 Å². The van der Waals surface area contributed by atoms with E-state index in [-0.39, 0.29) is 18.5 Å². The molecule has 0 aliphatic heterocycles. The monoisotopic (exact) mass is 370 g/mol. The molecule has 0 N–H and O–H groups in total. The molecule has 1 aromatic rings. The van der Waals surface area contributed by atoms with Crippen molar-refractivity contribution in [2.75, 3.05) is 0 Å². The second kappa shape index (κ2) is 7.87. The van der Waals surface area contributed by atoms with Gasteiger partial charge in [-0.2, -0.15) is 0 Å². The molecular weight excluding hydrogens is 340 g/mol.